The summed E-state index contributed by atoms with van der Waals surface area (Å²) in [4.78, 5) is 28.6. The third-order valence-electron chi connectivity index (χ3n) is 2.66. The van der Waals surface area contributed by atoms with Crippen LogP contribution < -0.4 is 11.3 Å². The van der Waals surface area contributed by atoms with E-state index in [1.165, 1.54) is 4.90 Å². The fourth-order valence-corrected chi connectivity index (χ4v) is 1.79. The van der Waals surface area contributed by atoms with Crippen molar-refractivity contribution in [2.24, 2.45) is 5.84 Å². The number of rotatable bonds is 3. The molecule has 0 atom stereocenters. The monoisotopic (exact) mass is 234 g/mol. The summed E-state index contributed by atoms with van der Waals surface area (Å²) < 4.78 is 0. The zero-order valence-corrected chi connectivity index (χ0v) is 9.35. The van der Waals surface area contributed by atoms with Crippen molar-refractivity contribution in [3.8, 4) is 0 Å². The summed E-state index contributed by atoms with van der Waals surface area (Å²) in [5.74, 6) is 5.50. The highest BCUT2D eigenvalue weighted by Gasteiger charge is 2.26. The third kappa shape index (κ3) is 2.59. The third-order valence-corrected chi connectivity index (χ3v) is 2.66. The Labute approximate surface area is 98.8 Å². The van der Waals surface area contributed by atoms with E-state index in [0.29, 0.717) is 30.8 Å². The van der Waals surface area contributed by atoms with Crippen molar-refractivity contribution in [1.82, 2.24) is 9.88 Å². The molecular formula is C11H14N4O2. The van der Waals surface area contributed by atoms with E-state index in [-0.39, 0.29) is 18.4 Å². The number of anilines is 1. The van der Waals surface area contributed by atoms with Gasteiger partial charge in [-0.2, -0.15) is 0 Å². The Morgan fingerprint density at radius 3 is 2.65 bits per heavy atom. The van der Waals surface area contributed by atoms with Gasteiger partial charge in [0.25, 0.3) is 0 Å². The molecule has 1 saturated heterocycles. The normalized spacial score (nSPS) is 16.2. The molecule has 1 aromatic heterocycles. The van der Waals surface area contributed by atoms with Crippen molar-refractivity contribution in [3.05, 3.63) is 23.9 Å². The van der Waals surface area contributed by atoms with Crippen molar-refractivity contribution in [1.29, 1.82) is 0 Å². The fourth-order valence-electron chi connectivity index (χ4n) is 1.79. The van der Waals surface area contributed by atoms with Gasteiger partial charge in [-0.05, 0) is 18.6 Å². The highest BCUT2D eigenvalue weighted by molar-refractivity contribution is 5.97. The van der Waals surface area contributed by atoms with E-state index in [2.05, 4.69) is 10.4 Å². The Balaban J connectivity index is 2.13. The van der Waals surface area contributed by atoms with Crippen LogP contribution in [-0.4, -0.2) is 21.7 Å². The zero-order chi connectivity index (χ0) is 12.3. The first-order valence-corrected chi connectivity index (χ1v) is 5.46. The number of nitrogens with zero attached hydrogens (tertiary/aromatic N) is 2. The lowest BCUT2D eigenvalue weighted by atomic mass is 10.1. The van der Waals surface area contributed by atoms with Crippen molar-refractivity contribution in [2.45, 2.75) is 25.8 Å². The second-order valence-corrected chi connectivity index (χ2v) is 3.89. The molecule has 3 N–H and O–H groups in total. The van der Waals surface area contributed by atoms with Crippen LogP contribution in [-0.2, 0) is 16.1 Å². The topological polar surface area (TPSA) is 88.3 Å². The van der Waals surface area contributed by atoms with Crippen molar-refractivity contribution < 1.29 is 9.59 Å². The van der Waals surface area contributed by atoms with Gasteiger partial charge >= 0.3 is 0 Å². The molecule has 1 aliphatic rings. The van der Waals surface area contributed by atoms with Crippen LogP contribution in [0.3, 0.4) is 0 Å². The number of pyridine rings is 1. The van der Waals surface area contributed by atoms with Gasteiger partial charge in [0.1, 0.15) is 5.82 Å². The maximum Gasteiger partial charge on any atom is 0.229 e. The van der Waals surface area contributed by atoms with Crippen LogP contribution in [0.1, 0.15) is 25.0 Å². The molecule has 0 saturated carbocycles. The summed E-state index contributed by atoms with van der Waals surface area (Å²) in [6.45, 7) is 0.215. The Morgan fingerprint density at radius 2 is 2.00 bits per heavy atom. The van der Waals surface area contributed by atoms with E-state index < -0.39 is 0 Å². The Morgan fingerprint density at radius 1 is 1.29 bits per heavy atom. The molecule has 0 radical (unpaired) electrons. The molecule has 90 valence electrons. The number of hydrogen-bond donors (Lipinski definition) is 2. The predicted molar refractivity (Wildman–Crippen MR) is 61.5 cm³/mol. The number of carbonyl (C=O) groups is 2. The number of hydrazine groups is 1. The van der Waals surface area contributed by atoms with Crippen LogP contribution in [0, 0.1) is 0 Å². The first kappa shape index (κ1) is 11.5. The molecule has 6 nitrogen and oxygen atoms in total. The summed E-state index contributed by atoms with van der Waals surface area (Å²) in [5, 5.41) is 0. The number of nitrogens with one attached hydrogen (secondary N) is 1. The van der Waals surface area contributed by atoms with Gasteiger partial charge in [-0.1, -0.05) is 6.07 Å². The van der Waals surface area contributed by atoms with Gasteiger partial charge < -0.3 is 5.43 Å². The van der Waals surface area contributed by atoms with Gasteiger partial charge in [0.15, 0.2) is 0 Å². The van der Waals surface area contributed by atoms with Crippen LogP contribution in [0.5, 0.6) is 0 Å². The minimum absolute atomic E-state index is 0.130. The number of imide groups is 1. The van der Waals surface area contributed by atoms with Gasteiger partial charge in [0.05, 0.1) is 12.2 Å². The first-order valence-electron chi connectivity index (χ1n) is 5.46. The molecule has 17 heavy (non-hydrogen) atoms. The molecule has 2 rings (SSSR count). The minimum Gasteiger partial charge on any atom is -0.308 e. The molecule has 2 heterocycles. The van der Waals surface area contributed by atoms with Crippen LogP contribution in [0.25, 0.3) is 0 Å². The zero-order valence-electron chi connectivity index (χ0n) is 9.35. The maximum absolute atomic E-state index is 11.6. The number of likely N-dealkylation sites (tertiary alicyclic amines) is 1. The molecule has 0 aromatic carbocycles. The van der Waals surface area contributed by atoms with Crippen LogP contribution in [0.15, 0.2) is 18.2 Å². The highest BCUT2D eigenvalue weighted by Crippen LogP contribution is 2.15. The molecule has 0 bridgehead atoms. The summed E-state index contributed by atoms with van der Waals surface area (Å²) in [6.07, 6.45) is 1.51. The van der Waals surface area contributed by atoms with Gasteiger partial charge in [0, 0.05) is 12.8 Å². The standard InChI is InChI=1S/C11H14N4O2/c12-14-9-4-1-3-8(13-9)7-15-10(16)5-2-6-11(15)17/h1,3-4H,2,5-7,12H2,(H,13,14). The number of piperidine rings is 1. The van der Waals surface area contributed by atoms with Crippen molar-refractivity contribution in [2.75, 3.05) is 5.43 Å². The quantitative estimate of drug-likeness (QED) is 0.449. The molecule has 0 unspecified atom stereocenters. The molecule has 1 aliphatic heterocycles. The lowest BCUT2D eigenvalue weighted by Gasteiger charge is -2.24. The van der Waals surface area contributed by atoms with E-state index >= 15 is 0 Å². The second kappa shape index (κ2) is 4.92. The summed E-state index contributed by atoms with van der Waals surface area (Å²) in [7, 11) is 0. The number of carbonyl (C=O) groups excluding carboxylic acids is 2. The Kier molecular flexibility index (Phi) is 3.34. The van der Waals surface area contributed by atoms with Gasteiger partial charge in [0.2, 0.25) is 11.8 Å². The van der Waals surface area contributed by atoms with E-state index in [4.69, 9.17) is 5.84 Å². The van der Waals surface area contributed by atoms with E-state index in [0.717, 1.165) is 0 Å². The lowest BCUT2D eigenvalue weighted by Crippen LogP contribution is -2.39. The predicted octanol–water partition coefficient (Wildman–Crippen LogP) is 0.406. The van der Waals surface area contributed by atoms with Crippen LogP contribution in [0.4, 0.5) is 5.82 Å². The van der Waals surface area contributed by atoms with Crippen molar-refractivity contribution in [3.63, 3.8) is 0 Å². The summed E-state index contributed by atoms with van der Waals surface area (Å²) >= 11 is 0. The maximum atomic E-state index is 11.6. The van der Waals surface area contributed by atoms with Gasteiger partial charge in [-0.3, -0.25) is 14.5 Å². The van der Waals surface area contributed by atoms with Crippen molar-refractivity contribution >= 4 is 17.6 Å². The largest absolute Gasteiger partial charge is 0.308 e. The van der Waals surface area contributed by atoms with Gasteiger partial charge in [-0.15, -0.1) is 0 Å². The van der Waals surface area contributed by atoms with E-state index in [1.54, 1.807) is 18.2 Å². The molecule has 2 amide bonds. The molecule has 6 heteroatoms. The second-order valence-electron chi connectivity index (χ2n) is 3.89. The summed E-state index contributed by atoms with van der Waals surface area (Å²) in [6, 6.07) is 5.25. The average molecular weight is 234 g/mol. The van der Waals surface area contributed by atoms with E-state index in [9.17, 15) is 9.59 Å². The fraction of sp³-hybridized carbons (Fsp3) is 0.364. The number of amides is 2. The molecule has 1 fully saturated rings. The van der Waals surface area contributed by atoms with Crippen LogP contribution >= 0.6 is 0 Å². The molecule has 1 aromatic rings. The molecule has 0 aliphatic carbocycles. The number of nitrogens with two attached hydrogens (primary N) is 1. The Hall–Kier alpha value is -1.95. The first-order chi connectivity index (χ1) is 8.20. The number of hydrogen-bond acceptors (Lipinski definition) is 5. The summed E-state index contributed by atoms with van der Waals surface area (Å²) in [5.41, 5.74) is 3.07. The lowest BCUT2D eigenvalue weighted by molar-refractivity contribution is -0.148. The van der Waals surface area contributed by atoms with E-state index in [1.807, 2.05) is 0 Å². The number of aromatic nitrogens is 1. The van der Waals surface area contributed by atoms with Gasteiger partial charge in [-0.25, -0.2) is 10.8 Å². The average Bonchev–Trinajstić information content (AvgIpc) is 2.34. The minimum atomic E-state index is -0.130. The smallest absolute Gasteiger partial charge is 0.229 e. The molecular weight excluding hydrogens is 220 g/mol. The Bertz CT molecular complexity index is 431. The molecule has 0 spiro atoms. The highest BCUT2D eigenvalue weighted by atomic mass is 16.2. The SMILES string of the molecule is NNc1cccc(CN2C(=O)CCCC2=O)n1. The van der Waals surface area contributed by atoms with Crippen LogP contribution in [0.2, 0.25) is 0 Å². The number of nitrogen functional groups attached to an aromatic ring is 1.